The Morgan fingerprint density at radius 3 is 2.59 bits per heavy atom. The van der Waals surface area contributed by atoms with Gasteiger partial charge in [0.05, 0.1) is 18.6 Å². The maximum absolute atomic E-state index is 12.8. The van der Waals surface area contributed by atoms with Gasteiger partial charge in [-0.15, -0.1) is 0 Å². The van der Waals surface area contributed by atoms with E-state index in [9.17, 15) is 9.90 Å². The van der Waals surface area contributed by atoms with Gasteiger partial charge in [-0.3, -0.25) is 0 Å². The van der Waals surface area contributed by atoms with Crippen molar-refractivity contribution in [1.82, 2.24) is 4.40 Å². The zero-order valence-electron chi connectivity index (χ0n) is 11.9. The Morgan fingerprint density at radius 1 is 1.14 bits per heavy atom. The molecule has 3 aromatic rings. The van der Waals surface area contributed by atoms with E-state index in [2.05, 4.69) is 0 Å². The summed E-state index contributed by atoms with van der Waals surface area (Å²) in [6.45, 7) is 0.371. The van der Waals surface area contributed by atoms with Crippen molar-refractivity contribution in [3.63, 3.8) is 0 Å². The van der Waals surface area contributed by atoms with Crippen LogP contribution >= 0.6 is 0 Å². The highest BCUT2D eigenvalue weighted by Crippen LogP contribution is 2.20. The third kappa shape index (κ3) is 2.26. The minimum Gasteiger partial charge on any atom is -0.842 e. The lowest BCUT2D eigenvalue weighted by Gasteiger charge is -2.16. The van der Waals surface area contributed by atoms with E-state index in [0.717, 1.165) is 0 Å². The van der Waals surface area contributed by atoms with E-state index < -0.39 is 0 Å². The molecule has 2 heterocycles. The topological polar surface area (TPSA) is 72.3 Å². The van der Waals surface area contributed by atoms with Crippen molar-refractivity contribution < 1.29 is 9.67 Å². The van der Waals surface area contributed by atoms with Gasteiger partial charge in [-0.2, -0.15) is 4.40 Å². The Bertz CT molecular complexity index is 886. The fraction of sp³-hybridized carbons (Fsp3) is 0.118. The molecule has 0 aliphatic carbocycles. The quantitative estimate of drug-likeness (QED) is 0.583. The minimum absolute atomic E-state index is 0.161. The molecule has 0 radical (unpaired) electrons. The van der Waals surface area contributed by atoms with Gasteiger partial charge in [-0.05, 0) is 17.8 Å². The second-order valence-electron chi connectivity index (χ2n) is 4.92. The number of aromatic nitrogens is 2. The number of nitrogens with zero attached hydrogens (tertiary/aromatic N) is 2. The summed E-state index contributed by atoms with van der Waals surface area (Å²) in [7, 11) is 0. The Labute approximate surface area is 127 Å². The van der Waals surface area contributed by atoms with Gasteiger partial charge in [0.2, 0.25) is 0 Å². The van der Waals surface area contributed by atoms with Gasteiger partial charge >= 0.3 is 5.56 Å². The lowest BCUT2D eigenvalue weighted by molar-refractivity contribution is -0.714. The van der Waals surface area contributed by atoms with E-state index in [1.165, 1.54) is 10.6 Å². The van der Waals surface area contributed by atoms with Gasteiger partial charge in [0.1, 0.15) is 5.56 Å². The Morgan fingerprint density at radius 2 is 1.86 bits per heavy atom. The average molecular weight is 293 g/mol. The lowest BCUT2D eigenvalue weighted by atomic mass is 10.1. The molecular formula is C17H15N3O2. The number of hydrogen-bond acceptors (Lipinski definition) is 3. The SMILES string of the molecule is N=CCC[n+]1c([O-])c(-c2ccccc2)c(=O)n2ccccc21. The van der Waals surface area contributed by atoms with Crippen molar-refractivity contribution in [3.05, 3.63) is 65.1 Å². The van der Waals surface area contributed by atoms with Crippen LogP contribution in [0.3, 0.4) is 0 Å². The summed E-state index contributed by atoms with van der Waals surface area (Å²) in [5, 5.41) is 20.0. The lowest BCUT2D eigenvalue weighted by Crippen LogP contribution is -2.44. The molecule has 0 saturated heterocycles. The fourth-order valence-corrected chi connectivity index (χ4v) is 2.54. The second kappa shape index (κ2) is 5.81. The van der Waals surface area contributed by atoms with Crippen molar-refractivity contribution in [2.75, 3.05) is 0 Å². The molecule has 0 atom stereocenters. The molecule has 0 unspecified atom stereocenters. The van der Waals surface area contributed by atoms with Crippen LogP contribution in [0.4, 0.5) is 0 Å². The summed E-state index contributed by atoms with van der Waals surface area (Å²) in [6, 6.07) is 14.2. The summed E-state index contributed by atoms with van der Waals surface area (Å²) in [5.74, 6) is -0.316. The third-order valence-electron chi connectivity index (χ3n) is 3.57. The summed E-state index contributed by atoms with van der Waals surface area (Å²) in [6.07, 6.45) is 3.36. The number of rotatable bonds is 4. The first kappa shape index (κ1) is 14.0. The van der Waals surface area contributed by atoms with Crippen LogP contribution in [-0.2, 0) is 6.54 Å². The van der Waals surface area contributed by atoms with E-state index in [-0.39, 0.29) is 17.0 Å². The van der Waals surface area contributed by atoms with Crippen LogP contribution in [0.1, 0.15) is 6.42 Å². The molecule has 0 aliphatic rings. The summed E-state index contributed by atoms with van der Waals surface area (Å²) in [5.41, 5.74) is 0.991. The number of aryl methyl sites for hydroxylation is 1. The van der Waals surface area contributed by atoms with Crippen LogP contribution in [0.15, 0.2) is 59.5 Å². The largest absolute Gasteiger partial charge is 0.842 e. The molecule has 5 nitrogen and oxygen atoms in total. The summed E-state index contributed by atoms with van der Waals surface area (Å²) >= 11 is 0. The van der Waals surface area contributed by atoms with Crippen molar-refractivity contribution in [2.45, 2.75) is 13.0 Å². The summed E-state index contributed by atoms with van der Waals surface area (Å²) in [4.78, 5) is 12.7. The Hall–Kier alpha value is -2.95. The van der Waals surface area contributed by atoms with E-state index in [1.807, 2.05) is 6.07 Å². The molecule has 0 aliphatic heterocycles. The molecule has 3 rings (SSSR count). The number of benzene rings is 1. The first-order valence-electron chi connectivity index (χ1n) is 7.02. The molecule has 1 N–H and O–H groups in total. The highest BCUT2D eigenvalue weighted by molar-refractivity contribution is 5.66. The van der Waals surface area contributed by atoms with Gasteiger partial charge < -0.3 is 10.5 Å². The highest BCUT2D eigenvalue weighted by Gasteiger charge is 2.18. The predicted molar refractivity (Wildman–Crippen MR) is 82.1 cm³/mol. The zero-order valence-corrected chi connectivity index (χ0v) is 11.9. The van der Waals surface area contributed by atoms with E-state index in [0.29, 0.717) is 24.2 Å². The first-order valence-corrected chi connectivity index (χ1v) is 7.02. The fourth-order valence-electron chi connectivity index (χ4n) is 2.54. The maximum Gasteiger partial charge on any atom is 0.349 e. The molecule has 0 amide bonds. The molecule has 110 valence electrons. The molecule has 0 fully saturated rings. The predicted octanol–water partition coefficient (Wildman–Crippen LogP) is 1.37. The van der Waals surface area contributed by atoms with Gasteiger partial charge in [-0.1, -0.05) is 36.4 Å². The maximum atomic E-state index is 12.8. The molecule has 1 aromatic carbocycles. The molecule has 22 heavy (non-hydrogen) atoms. The van der Waals surface area contributed by atoms with Gasteiger partial charge in [0.25, 0.3) is 5.65 Å². The smallest absolute Gasteiger partial charge is 0.349 e. The number of nitrogens with one attached hydrogen (secondary N) is 1. The van der Waals surface area contributed by atoms with Crippen molar-refractivity contribution in [2.24, 2.45) is 0 Å². The van der Waals surface area contributed by atoms with Crippen LogP contribution in [0.2, 0.25) is 0 Å². The minimum atomic E-state index is -0.321. The molecule has 0 bridgehead atoms. The van der Waals surface area contributed by atoms with Crippen LogP contribution in [0.5, 0.6) is 5.88 Å². The number of pyridine rings is 1. The average Bonchev–Trinajstić information content (AvgIpc) is 2.56. The van der Waals surface area contributed by atoms with Gasteiger partial charge in [0.15, 0.2) is 0 Å². The van der Waals surface area contributed by atoms with E-state index in [4.69, 9.17) is 5.41 Å². The van der Waals surface area contributed by atoms with Crippen molar-refractivity contribution in [1.29, 1.82) is 5.41 Å². The van der Waals surface area contributed by atoms with Gasteiger partial charge in [-0.25, -0.2) is 9.36 Å². The van der Waals surface area contributed by atoms with E-state index >= 15 is 0 Å². The Kier molecular flexibility index (Phi) is 3.70. The van der Waals surface area contributed by atoms with Gasteiger partial charge in [0, 0.05) is 12.5 Å². The zero-order chi connectivity index (χ0) is 15.5. The molecule has 5 heteroatoms. The molecule has 2 aromatic heterocycles. The van der Waals surface area contributed by atoms with Crippen molar-refractivity contribution in [3.8, 4) is 17.0 Å². The molecule has 0 saturated carbocycles. The van der Waals surface area contributed by atoms with Crippen LogP contribution in [0.25, 0.3) is 16.8 Å². The van der Waals surface area contributed by atoms with Crippen molar-refractivity contribution >= 4 is 11.9 Å². The monoisotopic (exact) mass is 293 g/mol. The second-order valence-corrected chi connectivity index (χ2v) is 4.92. The van der Waals surface area contributed by atoms with Crippen LogP contribution in [0, 0.1) is 5.41 Å². The molecule has 0 spiro atoms. The van der Waals surface area contributed by atoms with E-state index in [1.54, 1.807) is 53.2 Å². The Balaban J connectivity index is 2.38. The summed E-state index contributed by atoms with van der Waals surface area (Å²) < 4.78 is 3.03. The number of hydrogen-bond donors (Lipinski definition) is 1. The van der Waals surface area contributed by atoms with Crippen LogP contribution < -0.4 is 15.2 Å². The van der Waals surface area contributed by atoms with Crippen LogP contribution in [-0.4, -0.2) is 10.6 Å². The first-order chi connectivity index (χ1) is 10.7. The third-order valence-corrected chi connectivity index (χ3v) is 3.57. The normalized spacial score (nSPS) is 10.7. The standard InChI is InChI=1S/C17H15N3O2/c18-10-6-12-20-14-9-4-5-11-19(14)16(21)15(17(20)22)13-7-2-1-3-8-13/h1-5,7-11,18H,6,12H2. The highest BCUT2D eigenvalue weighted by atomic mass is 16.3. The molecular weight excluding hydrogens is 278 g/mol. The number of fused-ring (bicyclic) bond motifs is 1.